The lowest BCUT2D eigenvalue weighted by Crippen LogP contribution is -2.46. The lowest BCUT2D eigenvalue weighted by Gasteiger charge is -2.33. The quantitative estimate of drug-likeness (QED) is 0.422. The van der Waals surface area contributed by atoms with Crippen LogP contribution in [-0.4, -0.2) is 73.3 Å². The molecule has 1 saturated heterocycles. The van der Waals surface area contributed by atoms with E-state index in [1.807, 2.05) is 0 Å². The van der Waals surface area contributed by atoms with Crippen LogP contribution in [0.5, 0.6) is 5.75 Å². The first kappa shape index (κ1) is 20.6. The summed E-state index contributed by atoms with van der Waals surface area (Å²) < 4.78 is 10.4. The average Bonchev–Trinajstić information content (AvgIpc) is 2.87. The van der Waals surface area contributed by atoms with E-state index in [2.05, 4.69) is 0 Å². The number of benzene rings is 1. The number of amides is 2. The molecule has 0 aliphatic carbocycles. The van der Waals surface area contributed by atoms with Gasteiger partial charge in [0.15, 0.2) is 0 Å². The molecule has 0 saturated carbocycles. The van der Waals surface area contributed by atoms with E-state index in [4.69, 9.17) is 20.6 Å². The lowest BCUT2D eigenvalue weighted by atomic mass is 9.93. The average molecular weight is 402 g/mol. The second-order valence-electron chi connectivity index (χ2n) is 7.30. The molecule has 0 unspecified atom stereocenters. The number of ether oxygens (including phenoxy) is 2. The minimum absolute atomic E-state index is 0.0161. The predicted octanol–water partition coefficient (Wildman–Crippen LogP) is 0.607. The molecular formula is C20H26N4O5. The van der Waals surface area contributed by atoms with Crippen LogP contribution in [-0.2, 0) is 14.3 Å². The molecule has 0 bridgehead atoms. The molecule has 9 heteroatoms. The van der Waals surface area contributed by atoms with Crippen molar-refractivity contribution in [3.05, 3.63) is 29.3 Å². The highest BCUT2D eigenvalue weighted by Gasteiger charge is 2.29. The fourth-order valence-electron chi connectivity index (χ4n) is 3.64. The summed E-state index contributed by atoms with van der Waals surface area (Å²) in [6.45, 7) is 1.68. The van der Waals surface area contributed by atoms with Crippen LogP contribution in [0.4, 0.5) is 0 Å². The van der Waals surface area contributed by atoms with E-state index in [-0.39, 0.29) is 42.7 Å². The standard InChI is InChI=1S/C20H26N4O5/c1-28-18(26)10-13-4-6-23(7-5-13)17(25)12-24-8-9-29-16-11-14(19(21)22)2-3-15(16)20(24)27/h2-3,11,13H,4-10,12H2,1H3,(H3,21,22). The van der Waals surface area contributed by atoms with Crippen molar-refractivity contribution in [2.24, 2.45) is 11.7 Å². The predicted molar refractivity (Wildman–Crippen MR) is 105 cm³/mol. The number of carbonyl (C=O) groups excluding carboxylic acids is 3. The minimum atomic E-state index is -0.276. The summed E-state index contributed by atoms with van der Waals surface area (Å²) in [6, 6.07) is 4.75. The molecule has 2 heterocycles. The number of nitrogens with one attached hydrogen (secondary N) is 1. The van der Waals surface area contributed by atoms with E-state index in [0.29, 0.717) is 42.9 Å². The van der Waals surface area contributed by atoms with Crippen LogP contribution in [0.25, 0.3) is 0 Å². The number of carbonyl (C=O) groups is 3. The highest BCUT2D eigenvalue weighted by Crippen LogP contribution is 2.25. The summed E-state index contributed by atoms with van der Waals surface area (Å²) in [5.41, 5.74) is 6.34. The Labute approximate surface area is 169 Å². The number of piperidine rings is 1. The molecular weight excluding hydrogens is 376 g/mol. The first-order chi connectivity index (χ1) is 13.9. The molecule has 2 amide bonds. The summed E-state index contributed by atoms with van der Waals surface area (Å²) in [6.07, 6.45) is 1.86. The van der Waals surface area contributed by atoms with Gasteiger partial charge in [-0.1, -0.05) is 6.07 Å². The summed E-state index contributed by atoms with van der Waals surface area (Å²) in [5, 5.41) is 7.52. The first-order valence-corrected chi connectivity index (χ1v) is 9.64. The second-order valence-corrected chi connectivity index (χ2v) is 7.30. The van der Waals surface area contributed by atoms with Crippen molar-refractivity contribution in [3.8, 4) is 5.75 Å². The SMILES string of the molecule is COC(=O)CC1CCN(C(=O)CN2CCOc3cc(C(=N)N)ccc3C2=O)CC1. The number of hydrogen-bond acceptors (Lipinski definition) is 6. The van der Waals surface area contributed by atoms with Crippen LogP contribution in [0.15, 0.2) is 18.2 Å². The van der Waals surface area contributed by atoms with Crippen molar-refractivity contribution in [3.63, 3.8) is 0 Å². The van der Waals surface area contributed by atoms with Gasteiger partial charge in [0, 0.05) is 25.1 Å². The number of hydrogen-bond donors (Lipinski definition) is 2. The molecule has 0 aromatic heterocycles. The molecule has 9 nitrogen and oxygen atoms in total. The Balaban J connectivity index is 1.60. The van der Waals surface area contributed by atoms with Gasteiger partial charge in [0.05, 0.1) is 19.2 Å². The molecule has 0 atom stereocenters. The van der Waals surface area contributed by atoms with Gasteiger partial charge in [0.1, 0.15) is 24.7 Å². The summed E-state index contributed by atoms with van der Waals surface area (Å²) in [7, 11) is 1.38. The van der Waals surface area contributed by atoms with Crippen molar-refractivity contribution in [2.75, 3.05) is 39.9 Å². The summed E-state index contributed by atoms with van der Waals surface area (Å²) in [4.78, 5) is 40.2. The molecule has 1 aromatic carbocycles. The lowest BCUT2D eigenvalue weighted by molar-refractivity contribution is -0.142. The fourth-order valence-corrected chi connectivity index (χ4v) is 3.64. The van der Waals surface area contributed by atoms with Gasteiger partial charge in [-0.05, 0) is 30.9 Å². The zero-order valence-corrected chi connectivity index (χ0v) is 16.5. The van der Waals surface area contributed by atoms with Gasteiger partial charge in [-0.3, -0.25) is 19.8 Å². The molecule has 2 aliphatic rings. The molecule has 29 heavy (non-hydrogen) atoms. The largest absolute Gasteiger partial charge is 0.491 e. The fraction of sp³-hybridized carbons (Fsp3) is 0.500. The van der Waals surface area contributed by atoms with Crippen molar-refractivity contribution in [2.45, 2.75) is 19.3 Å². The van der Waals surface area contributed by atoms with E-state index in [9.17, 15) is 14.4 Å². The van der Waals surface area contributed by atoms with Crippen molar-refractivity contribution >= 4 is 23.6 Å². The number of nitrogens with zero attached hydrogens (tertiary/aromatic N) is 2. The number of likely N-dealkylation sites (tertiary alicyclic amines) is 1. The zero-order valence-electron chi connectivity index (χ0n) is 16.5. The van der Waals surface area contributed by atoms with Crippen molar-refractivity contribution in [1.29, 1.82) is 5.41 Å². The zero-order chi connectivity index (χ0) is 21.0. The molecule has 1 fully saturated rings. The molecule has 0 radical (unpaired) electrons. The molecule has 156 valence electrons. The van der Waals surface area contributed by atoms with Crippen molar-refractivity contribution < 1.29 is 23.9 Å². The maximum absolute atomic E-state index is 12.9. The number of esters is 1. The van der Waals surface area contributed by atoms with Gasteiger partial charge in [0.25, 0.3) is 5.91 Å². The molecule has 3 rings (SSSR count). The van der Waals surface area contributed by atoms with Gasteiger partial charge >= 0.3 is 5.97 Å². The van der Waals surface area contributed by atoms with Gasteiger partial charge in [-0.2, -0.15) is 0 Å². The summed E-state index contributed by atoms with van der Waals surface area (Å²) >= 11 is 0. The van der Waals surface area contributed by atoms with E-state index in [1.54, 1.807) is 23.1 Å². The maximum atomic E-state index is 12.9. The Morgan fingerprint density at radius 2 is 2.00 bits per heavy atom. The van der Waals surface area contributed by atoms with Gasteiger partial charge in [0.2, 0.25) is 5.91 Å². The van der Waals surface area contributed by atoms with Crippen LogP contribution in [0, 0.1) is 11.3 Å². The second kappa shape index (κ2) is 8.93. The third-order valence-electron chi connectivity index (χ3n) is 5.41. The van der Waals surface area contributed by atoms with Crippen molar-refractivity contribution in [1.82, 2.24) is 9.80 Å². The maximum Gasteiger partial charge on any atom is 0.305 e. The number of amidine groups is 1. The molecule has 3 N–H and O–H groups in total. The Hall–Kier alpha value is -3.10. The molecule has 2 aliphatic heterocycles. The first-order valence-electron chi connectivity index (χ1n) is 9.64. The van der Waals surface area contributed by atoms with Crippen LogP contribution in [0.1, 0.15) is 35.2 Å². The Kier molecular flexibility index (Phi) is 6.36. The van der Waals surface area contributed by atoms with Crippen LogP contribution in [0.2, 0.25) is 0 Å². The van der Waals surface area contributed by atoms with E-state index in [1.165, 1.54) is 12.0 Å². The number of methoxy groups -OCH3 is 1. The molecule has 1 aromatic rings. The Morgan fingerprint density at radius 3 is 2.66 bits per heavy atom. The number of nitrogens with two attached hydrogens (primary N) is 1. The van der Waals surface area contributed by atoms with Crippen LogP contribution < -0.4 is 10.5 Å². The number of rotatable bonds is 5. The van der Waals surface area contributed by atoms with Crippen LogP contribution in [0.3, 0.4) is 0 Å². The van der Waals surface area contributed by atoms with E-state index >= 15 is 0 Å². The van der Waals surface area contributed by atoms with Gasteiger partial charge < -0.3 is 25.0 Å². The third kappa shape index (κ3) is 4.85. The highest BCUT2D eigenvalue weighted by molar-refractivity contribution is 6.01. The smallest absolute Gasteiger partial charge is 0.305 e. The highest BCUT2D eigenvalue weighted by atomic mass is 16.5. The monoisotopic (exact) mass is 402 g/mol. The number of fused-ring (bicyclic) bond motifs is 1. The Bertz CT molecular complexity index is 817. The Morgan fingerprint density at radius 1 is 1.28 bits per heavy atom. The summed E-state index contributed by atoms with van der Waals surface area (Å²) in [5.74, 6) is -0.115. The minimum Gasteiger partial charge on any atom is -0.491 e. The molecule has 0 spiro atoms. The van der Waals surface area contributed by atoms with Gasteiger partial charge in [-0.25, -0.2) is 0 Å². The van der Waals surface area contributed by atoms with E-state index < -0.39 is 0 Å². The van der Waals surface area contributed by atoms with Gasteiger partial charge in [-0.15, -0.1) is 0 Å². The van der Waals surface area contributed by atoms with Crippen LogP contribution >= 0.6 is 0 Å². The topological polar surface area (TPSA) is 126 Å². The number of nitrogen functional groups attached to an aromatic ring is 1. The third-order valence-corrected chi connectivity index (χ3v) is 5.41. The van der Waals surface area contributed by atoms with E-state index in [0.717, 1.165) is 12.8 Å². The normalized spacial score (nSPS) is 17.2.